The second kappa shape index (κ2) is 6.53. The van der Waals surface area contributed by atoms with Crippen molar-refractivity contribution in [2.45, 2.75) is 46.2 Å². The number of urea groups is 1. The normalized spacial score (nSPS) is 13.7. The van der Waals surface area contributed by atoms with Crippen molar-refractivity contribution in [2.75, 3.05) is 0 Å². The third-order valence-electron chi connectivity index (χ3n) is 3.47. The number of hydrogen-bond acceptors (Lipinski definition) is 5. The van der Waals surface area contributed by atoms with Crippen LogP contribution in [0.2, 0.25) is 0 Å². The molecule has 0 unspecified atom stereocenters. The van der Waals surface area contributed by atoms with Crippen LogP contribution in [0.25, 0.3) is 0 Å². The molecular weight excluding hydrogens is 304 g/mol. The minimum Gasteiger partial charge on any atom is -0.332 e. The summed E-state index contributed by atoms with van der Waals surface area (Å²) in [6.45, 7) is 8.49. The third kappa shape index (κ3) is 3.79. The number of nitrogens with one attached hydrogen (secondary N) is 2. The summed E-state index contributed by atoms with van der Waals surface area (Å²) >= 11 is 3.17. The molecule has 0 spiro atoms. The number of carbonyl (C=O) groups excluding carboxylic acids is 1. The average molecular weight is 324 g/mol. The van der Waals surface area contributed by atoms with Gasteiger partial charge in [-0.25, -0.2) is 14.8 Å². The van der Waals surface area contributed by atoms with E-state index in [1.165, 1.54) is 4.88 Å². The van der Waals surface area contributed by atoms with Crippen LogP contribution in [-0.4, -0.2) is 16.0 Å². The van der Waals surface area contributed by atoms with E-state index >= 15 is 0 Å². The zero-order valence-electron chi connectivity index (χ0n) is 12.7. The molecule has 2 aromatic rings. The van der Waals surface area contributed by atoms with Gasteiger partial charge in [0, 0.05) is 16.5 Å². The molecule has 0 fully saturated rings. The van der Waals surface area contributed by atoms with Crippen LogP contribution in [-0.2, 0) is 12.1 Å². The van der Waals surface area contributed by atoms with Crippen LogP contribution >= 0.6 is 22.7 Å². The molecular formula is C14H20N4OS2. The third-order valence-corrected chi connectivity index (χ3v) is 5.58. The monoisotopic (exact) mass is 324 g/mol. The molecule has 7 heteroatoms. The Hall–Kier alpha value is -1.47. The van der Waals surface area contributed by atoms with Gasteiger partial charge < -0.3 is 10.6 Å². The van der Waals surface area contributed by atoms with Crippen molar-refractivity contribution >= 4 is 28.7 Å². The maximum Gasteiger partial charge on any atom is 0.315 e. The van der Waals surface area contributed by atoms with Gasteiger partial charge in [-0.15, -0.1) is 22.7 Å². The molecule has 0 aromatic carbocycles. The molecule has 2 heterocycles. The van der Waals surface area contributed by atoms with Crippen molar-refractivity contribution in [1.82, 2.24) is 20.6 Å². The smallest absolute Gasteiger partial charge is 0.315 e. The summed E-state index contributed by atoms with van der Waals surface area (Å²) in [5, 5.41) is 9.64. The largest absolute Gasteiger partial charge is 0.332 e. The van der Waals surface area contributed by atoms with Crippen LogP contribution in [0.1, 0.15) is 40.9 Å². The summed E-state index contributed by atoms with van der Waals surface area (Å²) in [6.07, 6.45) is 2.54. The van der Waals surface area contributed by atoms with Gasteiger partial charge in [-0.05, 0) is 27.2 Å². The Morgan fingerprint density at radius 3 is 2.71 bits per heavy atom. The van der Waals surface area contributed by atoms with E-state index in [2.05, 4.69) is 20.6 Å². The lowest BCUT2D eigenvalue weighted by Gasteiger charge is -2.27. The number of amides is 2. The van der Waals surface area contributed by atoms with Gasteiger partial charge in [-0.2, -0.15) is 0 Å². The minimum absolute atomic E-state index is 0.194. The Labute approximate surface area is 132 Å². The van der Waals surface area contributed by atoms with Gasteiger partial charge in [0.1, 0.15) is 10.0 Å². The molecule has 5 nitrogen and oxygen atoms in total. The fourth-order valence-corrected chi connectivity index (χ4v) is 3.56. The number of carbonyl (C=O) groups is 1. The summed E-state index contributed by atoms with van der Waals surface area (Å²) in [7, 11) is 0. The number of aromatic nitrogens is 2. The van der Waals surface area contributed by atoms with Gasteiger partial charge in [-0.1, -0.05) is 6.92 Å². The highest BCUT2D eigenvalue weighted by Crippen LogP contribution is 2.26. The standard InChI is InChI=1S/C14H20N4OS2/c1-5-14(4,12-15-6-7-20-12)18-13(19)16-8-11-17-9(2)10(3)21-11/h6-7H,5,8H2,1-4H3,(H2,16,18,19)/t14-/m0/s1. The number of nitrogens with zero attached hydrogens (tertiary/aromatic N) is 2. The van der Waals surface area contributed by atoms with Gasteiger partial charge in [0.05, 0.1) is 17.8 Å². The number of rotatable bonds is 5. The van der Waals surface area contributed by atoms with Gasteiger partial charge >= 0.3 is 6.03 Å². The molecule has 2 amide bonds. The maximum atomic E-state index is 12.1. The summed E-state index contributed by atoms with van der Waals surface area (Å²) in [4.78, 5) is 22.0. The second-order valence-corrected chi connectivity index (χ2v) is 7.26. The summed E-state index contributed by atoms with van der Waals surface area (Å²) in [5.74, 6) is 0. The Kier molecular flexibility index (Phi) is 4.95. The predicted molar refractivity (Wildman–Crippen MR) is 86.7 cm³/mol. The Morgan fingerprint density at radius 2 is 2.19 bits per heavy atom. The highest BCUT2D eigenvalue weighted by atomic mass is 32.1. The van der Waals surface area contributed by atoms with Crippen molar-refractivity contribution in [2.24, 2.45) is 0 Å². The first kappa shape index (κ1) is 15.9. The number of aryl methyl sites for hydroxylation is 2. The van der Waals surface area contributed by atoms with Crippen molar-refractivity contribution in [3.8, 4) is 0 Å². The molecule has 2 aromatic heterocycles. The summed E-state index contributed by atoms with van der Waals surface area (Å²) in [6, 6.07) is -0.194. The lowest BCUT2D eigenvalue weighted by molar-refractivity contribution is 0.225. The highest BCUT2D eigenvalue weighted by Gasteiger charge is 2.29. The van der Waals surface area contributed by atoms with E-state index in [9.17, 15) is 4.79 Å². The lowest BCUT2D eigenvalue weighted by Crippen LogP contribution is -2.47. The van der Waals surface area contributed by atoms with Crippen LogP contribution in [0.5, 0.6) is 0 Å². The summed E-state index contributed by atoms with van der Waals surface area (Å²) < 4.78 is 0. The number of thiazole rings is 2. The molecule has 2 N–H and O–H groups in total. The van der Waals surface area contributed by atoms with E-state index in [1.54, 1.807) is 28.9 Å². The fraction of sp³-hybridized carbons (Fsp3) is 0.500. The average Bonchev–Trinajstić information content (AvgIpc) is 3.08. The Bertz CT molecular complexity index is 589. The molecule has 21 heavy (non-hydrogen) atoms. The van der Waals surface area contributed by atoms with Crippen LogP contribution in [0, 0.1) is 13.8 Å². The first-order valence-corrected chi connectivity index (χ1v) is 8.53. The molecule has 0 saturated carbocycles. The molecule has 0 aliphatic rings. The Balaban J connectivity index is 1.94. The SMILES string of the molecule is CC[C@](C)(NC(=O)NCc1nc(C)c(C)s1)c1nccs1. The van der Waals surface area contributed by atoms with Crippen LogP contribution < -0.4 is 10.6 Å². The molecule has 1 atom stereocenters. The number of hydrogen-bond donors (Lipinski definition) is 2. The van der Waals surface area contributed by atoms with Crippen LogP contribution in [0.3, 0.4) is 0 Å². The quantitative estimate of drug-likeness (QED) is 0.886. The fourth-order valence-electron chi connectivity index (χ4n) is 1.85. The van der Waals surface area contributed by atoms with Gasteiger partial charge in [0.15, 0.2) is 0 Å². The second-order valence-electron chi connectivity index (χ2n) is 5.08. The first-order valence-electron chi connectivity index (χ1n) is 6.83. The zero-order valence-corrected chi connectivity index (χ0v) is 14.3. The van der Waals surface area contributed by atoms with E-state index < -0.39 is 5.54 Å². The van der Waals surface area contributed by atoms with Crippen LogP contribution in [0.4, 0.5) is 4.79 Å². The Morgan fingerprint density at radius 1 is 1.43 bits per heavy atom. The first-order chi connectivity index (χ1) is 9.94. The van der Waals surface area contributed by atoms with Crippen molar-refractivity contribution in [3.05, 3.63) is 32.2 Å². The van der Waals surface area contributed by atoms with Gasteiger partial charge in [0.2, 0.25) is 0 Å². The van der Waals surface area contributed by atoms with E-state index in [1.807, 2.05) is 33.1 Å². The highest BCUT2D eigenvalue weighted by molar-refractivity contribution is 7.11. The molecule has 0 saturated heterocycles. The molecule has 114 valence electrons. The van der Waals surface area contributed by atoms with Crippen molar-refractivity contribution in [3.63, 3.8) is 0 Å². The zero-order chi connectivity index (χ0) is 15.5. The van der Waals surface area contributed by atoms with E-state index in [0.29, 0.717) is 6.54 Å². The topological polar surface area (TPSA) is 66.9 Å². The van der Waals surface area contributed by atoms with Gasteiger partial charge in [-0.3, -0.25) is 0 Å². The maximum absolute atomic E-state index is 12.1. The molecule has 2 rings (SSSR count). The van der Waals surface area contributed by atoms with E-state index in [0.717, 1.165) is 22.1 Å². The summed E-state index contributed by atoms with van der Waals surface area (Å²) in [5.41, 5.74) is 0.589. The van der Waals surface area contributed by atoms with Crippen LogP contribution in [0.15, 0.2) is 11.6 Å². The van der Waals surface area contributed by atoms with Crippen molar-refractivity contribution in [1.29, 1.82) is 0 Å². The molecule has 0 bridgehead atoms. The molecule has 0 aliphatic heterocycles. The molecule has 0 radical (unpaired) electrons. The lowest BCUT2D eigenvalue weighted by atomic mass is 10.0. The molecule has 0 aliphatic carbocycles. The minimum atomic E-state index is -0.438. The van der Waals surface area contributed by atoms with E-state index in [4.69, 9.17) is 0 Å². The van der Waals surface area contributed by atoms with E-state index in [-0.39, 0.29) is 6.03 Å². The van der Waals surface area contributed by atoms with Gasteiger partial charge in [0.25, 0.3) is 0 Å². The predicted octanol–water partition coefficient (Wildman–Crippen LogP) is 3.34. The van der Waals surface area contributed by atoms with Crippen molar-refractivity contribution < 1.29 is 4.79 Å².